The predicted molar refractivity (Wildman–Crippen MR) is 158 cm³/mol. The van der Waals surface area contributed by atoms with Crippen LogP contribution in [0.2, 0.25) is 0 Å². The quantitative estimate of drug-likeness (QED) is 0.166. The van der Waals surface area contributed by atoms with Gasteiger partial charge in [0, 0.05) is 16.0 Å². The van der Waals surface area contributed by atoms with Gasteiger partial charge in [-0.1, -0.05) is 49.0 Å². The van der Waals surface area contributed by atoms with E-state index in [2.05, 4.69) is 20.6 Å². The number of amides is 2. The SMILES string of the molecule is CCC(CC)O/N=C(\C(=O)N[C@@H]1C(=O)N2C(C(=O)O)=C(Sc3ccnn3-c3ccccc3)CS[C@@H]12)c1csc(N)n1. The number of nitrogen functional groups attached to an aromatic ring is 1. The summed E-state index contributed by atoms with van der Waals surface area (Å²) in [6.07, 6.45) is 2.83. The van der Waals surface area contributed by atoms with Crippen molar-refractivity contribution in [1.82, 2.24) is 25.0 Å². The standard InChI is InChI=1S/C26H27N7O5S3/c1-3-15(4-2)38-31-19(16-12-40-26(27)29-16)22(34)30-20-23(35)32-21(25(36)37)17(13-39-24(20)32)41-18-10-11-28-33(18)14-8-6-5-7-9-14/h5-12,15,20,24H,3-4,13H2,1-2H3,(H2,27,29)(H,30,34)(H,36,37)/b31-19-/t20-,24+/m1/s1. The Morgan fingerprint density at radius 3 is 2.68 bits per heavy atom. The number of oxime groups is 1. The number of carbonyl (C=O) groups is 3. The topological polar surface area (TPSA) is 165 Å². The van der Waals surface area contributed by atoms with Gasteiger partial charge in [0.2, 0.25) is 0 Å². The number of carbonyl (C=O) groups excluding carboxylic acids is 2. The molecule has 1 aromatic carbocycles. The molecule has 2 atom stereocenters. The van der Waals surface area contributed by atoms with E-state index in [9.17, 15) is 19.5 Å². The smallest absolute Gasteiger partial charge is 0.353 e. The zero-order chi connectivity index (χ0) is 29.1. The number of fused-ring (bicyclic) bond motifs is 1. The van der Waals surface area contributed by atoms with Gasteiger partial charge in [0.05, 0.1) is 11.9 Å². The lowest BCUT2D eigenvalue weighted by molar-refractivity contribution is -0.150. The molecular weight excluding hydrogens is 587 g/mol. The summed E-state index contributed by atoms with van der Waals surface area (Å²) in [5.74, 6) is -2.08. The minimum atomic E-state index is -1.22. The molecule has 5 rings (SSSR count). The van der Waals surface area contributed by atoms with Crippen molar-refractivity contribution in [3.63, 3.8) is 0 Å². The summed E-state index contributed by atoms with van der Waals surface area (Å²) in [6.45, 7) is 3.89. The van der Waals surface area contributed by atoms with E-state index in [1.54, 1.807) is 22.3 Å². The van der Waals surface area contributed by atoms with Crippen molar-refractivity contribution in [2.45, 2.75) is 49.2 Å². The number of hydrogen-bond acceptors (Lipinski definition) is 11. The second kappa shape index (κ2) is 12.4. The number of thiazole rings is 1. The van der Waals surface area contributed by atoms with E-state index in [4.69, 9.17) is 10.6 Å². The van der Waals surface area contributed by atoms with Gasteiger partial charge >= 0.3 is 5.97 Å². The summed E-state index contributed by atoms with van der Waals surface area (Å²) in [5, 5.41) is 23.2. The van der Waals surface area contributed by atoms with Gasteiger partial charge in [0.25, 0.3) is 11.8 Å². The Bertz CT molecular complexity index is 1520. The third-order valence-corrected chi connectivity index (χ3v) is 9.68. The number of hydrogen-bond donors (Lipinski definition) is 3. The molecule has 4 heterocycles. The molecule has 0 aliphatic carbocycles. The lowest BCUT2D eigenvalue weighted by atomic mass is 10.0. The average molecular weight is 614 g/mol. The largest absolute Gasteiger partial charge is 0.477 e. The van der Waals surface area contributed by atoms with Crippen LogP contribution in [0, 0.1) is 0 Å². The summed E-state index contributed by atoms with van der Waals surface area (Å²) >= 11 is 3.77. The summed E-state index contributed by atoms with van der Waals surface area (Å²) in [6, 6.07) is 10.3. The summed E-state index contributed by atoms with van der Waals surface area (Å²) in [5.41, 5.74) is 6.62. The van der Waals surface area contributed by atoms with Crippen molar-refractivity contribution in [2.75, 3.05) is 11.5 Å². The molecule has 41 heavy (non-hydrogen) atoms. The van der Waals surface area contributed by atoms with Gasteiger partial charge < -0.3 is 21.0 Å². The van der Waals surface area contributed by atoms with Gasteiger partial charge in [-0.15, -0.1) is 23.1 Å². The highest BCUT2D eigenvalue weighted by Gasteiger charge is 2.54. The highest BCUT2D eigenvalue weighted by molar-refractivity contribution is 8.06. The maximum Gasteiger partial charge on any atom is 0.353 e. The van der Waals surface area contributed by atoms with Gasteiger partial charge in [-0.25, -0.2) is 14.5 Å². The first-order valence-corrected chi connectivity index (χ1v) is 15.5. The van der Waals surface area contributed by atoms with E-state index < -0.39 is 29.2 Å². The van der Waals surface area contributed by atoms with E-state index in [-0.39, 0.29) is 28.3 Å². The molecule has 2 amide bonds. The van der Waals surface area contributed by atoms with Crippen LogP contribution in [0.1, 0.15) is 32.4 Å². The van der Waals surface area contributed by atoms with Crippen LogP contribution in [0.15, 0.2) is 68.8 Å². The predicted octanol–water partition coefficient (Wildman–Crippen LogP) is 3.31. The molecule has 15 heteroatoms. The fourth-order valence-corrected chi connectivity index (χ4v) is 7.39. The van der Waals surface area contributed by atoms with Crippen LogP contribution >= 0.6 is 34.9 Å². The zero-order valence-corrected chi connectivity index (χ0v) is 24.5. The molecule has 4 N–H and O–H groups in total. The lowest BCUT2D eigenvalue weighted by Gasteiger charge is -2.49. The summed E-state index contributed by atoms with van der Waals surface area (Å²) in [7, 11) is 0. The minimum Gasteiger partial charge on any atom is -0.477 e. The van der Waals surface area contributed by atoms with Crippen LogP contribution in [0.25, 0.3) is 5.69 Å². The molecule has 2 aliphatic rings. The van der Waals surface area contributed by atoms with Gasteiger partial charge in [-0.2, -0.15) is 5.10 Å². The number of rotatable bonds is 11. The third-order valence-electron chi connectivity index (χ3n) is 6.44. The molecular formula is C26H27N7O5S3. The maximum absolute atomic E-state index is 13.3. The van der Waals surface area contributed by atoms with Crippen LogP contribution in [0.3, 0.4) is 0 Å². The fourth-order valence-electron chi connectivity index (χ4n) is 4.30. The molecule has 1 fully saturated rings. The first-order chi connectivity index (χ1) is 19.8. The Hall–Kier alpha value is -3.82. The molecule has 3 aromatic rings. The van der Waals surface area contributed by atoms with Gasteiger partial charge in [0.1, 0.15) is 33.9 Å². The van der Waals surface area contributed by atoms with Crippen molar-refractivity contribution in [1.29, 1.82) is 0 Å². The second-order valence-corrected chi connectivity index (χ2v) is 12.1. The first kappa shape index (κ1) is 28.7. The van der Waals surface area contributed by atoms with Crippen LogP contribution in [0.4, 0.5) is 5.13 Å². The molecule has 2 aromatic heterocycles. The normalized spacial score (nSPS) is 18.8. The van der Waals surface area contributed by atoms with Crippen molar-refractivity contribution in [2.24, 2.45) is 5.16 Å². The number of benzene rings is 1. The Balaban J connectivity index is 1.35. The Labute approximate surface area is 248 Å². The Morgan fingerprint density at radius 1 is 1.27 bits per heavy atom. The highest BCUT2D eigenvalue weighted by Crippen LogP contribution is 2.45. The third kappa shape index (κ3) is 5.83. The molecule has 1 saturated heterocycles. The second-order valence-electron chi connectivity index (χ2n) is 9.01. The van der Waals surface area contributed by atoms with Crippen LogP contribution in [-0.2, 0) is 19.2 Å². The molecule has 214 valence electrons. The lowest BCUT2D eigenvalue weighted by Crippen LogP contribution is -2.71. The van der Waals surface area contributed by atoms with Crippen LogP contribution < -0.4 is 11.1 Å². The van der Waals surface area contributed by atoms with Crippen LogP contribution in [0.5, 0.6) is 0 Å². The van der Waals surface area contributed by atoms with E-state index in [0.717, 1.165) is 17.0 Å². The monoisotopic (exact) mass is 613 g/mol. The maximum atomic E-state index is 13.3. The number of anilines is 1. The number of β-lactam (4-membered cyclic amide) rings is 1. The Morgan fingerprint density at radius 2 is 2.02 bits per heavy atom. The zero-order valence-electron chi connectivity index (χ0n) is 22.1. The van der Waals surface area contributed by atoms with Gasteiger partial charge in [0.15, 0.2) is 10.8 Å². The Kier molecular flexibility index (Phi) is 8.65. The molecule has 2 aliphatic heterocycles. The highest BCUT2D eigenvalue weighted by atomic mass is 32.2. The van der Waals surface area contributed by atoms with Crippen molar-refractivity contribution in [3.05, 3.63) is 64.3 Å². The van der Waals surface area contributed by atoms with Gasteiger partial charge in [-0.3, -0.25) is 14.5 Å². The fraction of sp³-hybridized carbons (Fsp3) is 0.308. The molecule has 0 spiro atoms. The van der Waals surface area contributed by atoms with Gasteiger partial charge in [-0.05, 0) is 31.0 Å². The number of aromatic nitrogens is 3. The minimum absolute atomic E-state index is 0.101. The number of nitrogens with one attached hydrogen (secondary N) is 1. The summed E-state index contributed by atoms with van der Waals surface area (Å²) < 4.78 is 1.71. The van der Waals surface area contributed by atoms with E-state index in [1.807, 2.05) is 44.2 Å². The molecule has 0 saturated carbocycles. The van der Waals surface area contributed by atoms with E-state index in [1.165, 1.54) is 28.4 Å². The number of para-hydroxylation sites is 1. The number of aliphatic carboxylic acids is 1. The van der Waals surface area contributed by atoms with Crippen molar-refractivity contribution >= 4 is 63.5 Å². The molecule has 12 nitrogen and oxygen atoms in total. The average Bonchev–Trinajstić information content (AvgIpc) is 3.62. The number of nitrogens with two attached hydrogens (primary N) is 1. The van der Waals surface area contributed by atoms with Crippen LogP contribution in [-0.4, -0.2) is 71.5 Å². The van der Waals surface area contributed by atoms with Crippen molar-refractivity contribution < 1.29 is 24.3 Å². The number of carboxylic acids is 1. The van der Waals surface area contributed by atoms with E-state index in [0.29, 0.717) is 28.5 Å². The first-order valence-electron chi connectivity index (χ1n) is 12.8. The molecule has 0 unspecified atom stereocenters. The molecule has 0 bridgehead atoms. The number of nitrogens with zero attached hydrogens (tertiary/aromatic N) is 5. The van der Waals surface area contributed by atoms with Crippen molar-refractivity contribution in [3.8, 4) is 5.69 Å². The van der Waals surface area contributed by atoms with E-state index >= 15 is 0 Å². The molecule has 0 radical (unpaired) electrons. The summed E-state index contributed by atoms with van der Waals surface area (Å²) in [4.78, 5) is 50.4. The number of carboxylic acid groups (broad SMARTS) is 1. The number of thioether (sulfide) groups is 2.